The van der Waals surface area contributed by atoms with E-state index in [1.165, 1.54) is 12.1 Å². The Bertz CT molecular complexity index is 775. The molecule has 0 bridgehead atoms. The Kier molecular flexibility index (Phi) is 4.30. The Labute approximate surface area is 126 Å². The monoisotopic (exact) mass is 328 g/mol. The molecule has 0 radical (unpaired) electrons. The highest BCUT2D eigenvalue weighted by Crippen LogP contribution is 2.34. The van der Waals surface area contributed by atoms with Crippen molar-refractivity contribution in [1.82, 2.24) is 0 Å². The summed E-state index contributed by atoms with van der Waals surface area (Å²) in [5.41, 5.74) is -3.20. The molecule has 0 saturated heterocycles. The lowest BCUT2D eigenvalue weighted by Crippen LogP contribution is -2.17. The summed E-state index contributed by atoms with van der Waals surface area (Å²) in [7, 11) is 0. The molecular formula is C14H8F4N2O3. The number of nitrogens with one attached hydrogen (secondary N) is 1. The summed E-state index contributed by atoms with van der Waals surface area (Å²) in [4.78, 5) is 22.0. The molecule has 2 aromatic carbocycles. The third-order valence-electron chi connectivity index (χ3n) is 2.90. The molecule has 0 fully saturated rings. The van der Waals surface area contributed by atoms with Crippen molar-refractivity contribution in [1.29, 1.82) is 0 Å². The number of nitrogens with zero attached hydrogens (tertiary/aromatic N) is 1. The van der Waals surface area contributed by atoms with Gasteiger partial charge in [0.25, 0.3) is 11.6 Å². The van der Waals surface area contributed by atoms with Crippen LogP contribution in [0.15, 0.2) is 42.5 Å². The molecule has 0 unspecified atom stereocenters. The number of hydrogen-bond donors (Lipinski definition) is 1. The fourth-order valence-electron chi connectivity index (χ4n) is 1.86. The second-order valence-electron chi connectivity index (χ2n) is 4.39. The molecule has 0 spiro atoms. The first kappa shape index (κ1) is 16.4. The standard InChI is InChI=1S/C14H8F4N2O3/c15-12-9(14(16,17)18)5-3-6-10(12)19-13(21)8-4-1-2-7-11(8)20(22)23/h1-7H,(H,19,21). The van der Waals surface area contributed by atoms with Gasteiger partial charge in [-0.25, -0.2) is 4.39 Å². The number of nitro benzene ring substituents is 1. The molecule has 2 rings (SSSR count). The zero-order chi connectivity index (χ0) is 17.2. The van der Waals surface area contributed by atoms with Crippen molar-refractivity contribution in [3.05, 3.63) is 69.5 Å². The van der Waals surface area contributed by atoms with E-state index in [0.29, 0.717) is 6.07 Å². The molecule has 1 N–H and O–H groups in total. The highest BCUT2D eigenvalue weighted by Gasteiger charge is 2.35. The summed E-state index contributed by atoms with van der Waals surface area (Å²) in [5.74, 6) is -2.75. The quantitative estimate of drug-likeness (QED) is 0.526. The van der Waals surface area contributed by atoms with Crippen LogP contribution < -0.4 is 5.32 Å². The van der Waals surface area contributed by atoms with Crippen LogP contribution in [-0.4, -0.2) is 10.8 Å². The first-order chi connectivity index (χ1) is 10.7. The second-order valence-corrected chi connectivity index (χ2v) is 4.39. The molecular weight excluding hydrogens is 320 g/mol. The minimum atomic E-state index is -4.93. The van der Waals surface area contributed by atoms with Crippen LogP contribution in [0.4, 0.5) is 28.9 Å². The molecule has 0 aliphatic rings. The van der Waals surface area contributed by atoms with Gasteiger partial charge in [-0.15, -0.1) is 0 Å². The van der Waals surface area contributed by atoms with E-state index < -0.39 is 45.3 Å². The predicted octanol–water partition coefficient (Wildman–Crippen LogP) is 4.01. The van der Waals surface area contributed by atoms with E-state index in [1.54, 1.807) is 0 Å². The number of hydrogen-bond acceptors (Lipinski definition) is 3. The molecule has 0 saturated carbocycles. The van der Waals surface area contributed by atoms with E-state index in [1.807, 2.05) is 5.32 Å². The van der Waals surface area contributed by atoms with Gasteiger partial charge in [-0.3, -0.25) is 14.9 Å². The maximum Gasteiger partial charge on any atom is 0.419 e. The normalized spacial score (nSPS) is 11.1. The Balaban J connectivity index is 2.38. The zero-order valence-corrected chi connectivity index (χ0v) is 11.2. The van der Waals surface area contributed by atoms with Crippen molar-refractivity contribution in [3.8, 4) is 0 Å². The lowest BCUT2D eigenvalue weighted by molar-refractivity contribution is -0.385. The molecule has 5 nitrogen and oxygen atoms in total. The van der Waals surface area contributed by atoms with Gasteiger partial charge >= 0.3 is 6.18 Å². The number of amides is 1. The van der Waals surface area contributed by atoms with Gasteiger partial charge in [0, 0.05) is 6.07 Å². The molecule has 0 aromatic heterocycles. The smallest absolute Gasteiger partial charge is 0.319 e. The van der Waals surface area contributed by atoms with Gasteiger partial charge < -0.3 is 5.32 Å². The van der Waals surface area contributed by atoms with E-state index in [9.17, 15) is 32.5 Å². The summed E-state index contributed by atoms with van der Waals surface area (Å²) in [6.07, 6.45) is -4.93. The Hall–Kier alpha value is -2.97. The third kappa shape index (κ3) is 3.44. The fraction of sp³-hybridized carbons (Fsp3) is 0.0714. The van der Waals surface area contributed by atoms with Crippen molar-refractivity contribution in [2.45, 2.75) is 6.18 Å². The van der Waals surface area contributed by atoms with Gasteiger partial charge in [-0.1, -0.05) is 18.2 Å². The molecule has 0 atom stereocenters. The number of alkyl halides is 3. The van der Waals surface area contributed by atoms with Crippen LogP contribution in [0.1, 0.15) is 15.9 Å². The van der Waals surface area contributed by atoms with E-state index >= 15 is 0 Å². The van der Waals surface area contributed by atoms with Crippen LogP contribution in [0.3, 0.4) is 0 Å². The lowest BCUT2D eigenvalue weighted by Gasteiger charge is -2.12. The molecule has 0 aliphatic carbocycles. The lowest BCUT2D eigenvalue weighted by atomic mass is 10.1. The zero-order valence-electron chi connectivity index (χ0n) is 11.2. The van der Waals surface area contributed by atoms with Crippen LogP contribution in [0.5, 0.6) is 0 Å². The number of anilines is 1. The maximum atomic E-state index is 13.8. The first-order valence-electron chi connectivity index (χ1n) is 6.12. The molecule has 1 amide bonds. The van der Waals surface area contributed by atoms with Crippen LogP contribution in [0.2, 0.25) is 0 Å². The van der Waals surface area contributed by atoms with E-state index in [4.69, 9.17) is 0 Å². The number of nitro groups is 1. The largest absolute Gasteiger partial charge is 0.419 e. The van der Waals surface area contributed by atoms with Gasteiger partial charge in [-0.05, 0) is 18.2 Å². The molecule has 0 heterocycles. The van der Waals surface area contributed by atoms with Gasteiger partial charge in [0.05, 0.1) is 16.2 Å². The summed E-state index contributed by atoms with van der Waals surface area (Å²) >= 11 is 0. The molecule has 2 aromatic rings. The maximum absolute atomic E-state index is 13.8. The highest BCUT2D eigenvalue weighted by molar-refractivity contribution is 6.07. The summed E-state index contributed by atoms with van der Waals surface area (Å²) in [6.45, 7) is 0. The molecule has 120 valence electrons. The van der Waals surface area contributed by atoms with Crippen molar-refractivity contribution in [2.75, 3.05) is 5.32 Å². The first-order valence-corrected chi connectivity index (χ1v) is 6.12. The van der Waals surface area contributed by atoms with Gasteiger partial charge in [0.15, 0.2) is 5.82 Å². The van der Waals surface area contributed by atoms with Crippen molar-refractivity contribution >= 4 is 17.3 Å². The van der Waals surface area contributed by atoms with Crippen molar-refractivity contribution < 1.29 is 27.3 Å². The molecule has 23 heavy (non-hydrogen) atoms. The minimum absolute atomic E-state index is 0.394. The van der Waals surface area contributed by atoms with Gasteiger partial charge in [0.1, 0.15) is 5.56 Å². The average molecular weight is 328 g/mol. The summed E-state index contributed by atoms with van der Waals surface area (Å²) in [6, 6.07) is 7.19. The van der Waals surface area contributed by atoms with Gasteiger partial charge in [-0.2, -0.15) is 13.2 Å². The number of carbonyl (C=O) groups excluding carboxylic acids is 1. The highest BCUT2D eigenvalue weighted by atomic mass is 19.4. The van der Waals surface area contributed by atoms with Crippen LogP contribution in [0, 0.1) is 15.9 Å². The van der Waals surface area contributed by atoms with E-state index in [0.717, 1.165) is 24.3 Å². The van der Waals surface area contributed by atoms with E-state index in [2.05, 4.69) is 0 Å². The number of rotatable bonds is 3. The molecule has 9 heteroatoms. The second kappa shape index (κ2) is 6.03. The Morgan fingerprint density at radius 2 is 1.74 bits per heavy atom. The van der Waals surface area contributed by atoms with Crippen LogP contribution >= 0.6 is 0 Å². The fourth-order valence-corrected chi connectivity index (χ4v) is 1.86. The number of carbonyl (C=O) groups is 1. The summed E-state index contributed by atoms with van der Waals surface area (Å²) < 4.78 is 51.7. The topological polar surface area (TPSA) is 72.2 Å². The third-order valence-corrected chi connectivity index (χ3v) is 2.90. The number of halogens is 4. The van der Waals surface area contributed by atoms with Crippen LogP contribution in [-0.2, 0) is 6.18 Å². The average Bonchev–Trinajstić information content (AvgIpc) is 2.48. The number of benzene rings is 2. The Morgan fingerprint density at radius 1 is 1.09 bits per heavy atom. The Morgan fingerprint density at radius 3 is 2.35 bits per heavy atom. The van der Waals surface area contributed by atoms with Crippen LogP contribution in [0.25, 0.3) is 0 Å². The minimum Gasteiger partial charge on any atom is -0.319 e. The molecule has 0 aliphatic heterocycles. The number of para-hydroxylation sites is 1. The van der Waals surface area contributed by atoms with Gasteiger partial charge in [0.2, 0.25) is 0 Å². The van der Waals surface area contributed by atoms with Crippen molar-refractivity contribution in [3.63, 3.8) is 0 Å². The van der Waals surface area contributed by atoms with Crippen molar-refractivity contribution in [2.24, 2.45) is 0 Å². The predicted molar refractivity (Wildman–Crippen MR) is 72.5 cm³/mol. The van der Waals surface area contributed by atoms with E-state index in [-0.39, 0.29) is 0 Å². The summed E-state index contributed by atoms with van der Waals surface area (Å²) in [5, 5.41) is 12.7. The SMILES string of the molecule is O=C(Nc1cccc(C(F)(F)F)c1F)c1ccccc1[N+](=O)[O-].